The van der Waals surface area contributed by atoms with Crippen LogP contribution in [0, 0.1) is 11.8 Å². The number of rotatable bonds is 0. The monoisotopic (exact) mass is 132 g/mol. The van der Waals surface area contributed by atoms with E-state index in [1.807, 2.05) is 0 Å². The van der Waals surface area contributed by atoms with Gasteiger partial charge in [0.25, 0.3) is 5.92 Å². The first-order valence-electron chi connectivity index (χ1n) is 3.59. The third kappa shape index (κ3) is 0.565. The Morgan fingerprint density at radius 1 is 0.889 bits per heavy atom. The Morgan fingerprint density at radius 2 is 1.22 bits per heavy atom. The molecule has 0 aliphatic heterocycles. The van der Waals surface area contributed by atoms with Gasteiger partial charge in [0.05, 0.1) is 0 Å². The van der Waals surface area contributed by atoms with Gasteiger partial charge in [-0.2, -0.15) is 0 Å². The van der Waals surface area contributed by atoms with Crippen LogP contribution in [0.1, 0.15) is 25.7 Å². The topological polar surface area (TPSA) is 0 Å². The average molecular weight is 132 g/mol. The van der Waals surface area contributed by atoms with E-state index in [1.165, 1.54) is 0 Å². The van der Waals surface area contributed by atoms with Gasteiger partial charge in [-0.05, 0) is 25.7 Å². The van der Waals surface area contributed by atoms with Crippen LogP contribution in [0.15, 0.2) is 0 Å². The molecule has 2 aliphatic rings. The summed E-state index contributed by atoms with van der Waals surface area (Å²) in [7, 11) is 0. The Labute approximate surface area is 53.2 Å². The highest BCUT2D eigenvalue weighted by molar-refractivity contribution is 4.97. The van der Waals surface area contributed by atoms with Gasteiger partial charge in [-0.15, -0.1) is 0 Å². The summed E-state index contributed by atoms with van der Waals surface area (Å²) in [6.07, 6.45) is 3.10. The van der Waals surface area contributed by atoms with Crippen LogP contribution in [0.4, 0.5) is 8.78 Å². The predicted molar refractivity (Wildman–Crippen MR) is 30.4 cm³/mol. The molecule has 9 heavy (non-hydrogen) atoms. The molecule has 0 amide bonds. The van der Waals surface area contributed by atoms with Gasteiger partial charge < -0.3 is 0 Å². The lowest BCUT2D eigenvalue weighted by molar-refractivity contribution is -0.0447. The maximum Gasteiger partial charge on any atom is 0.253 e. The first-order chi connectivity index (χ1) is 4.21. The van der Waals surface area contributed by atoms with Crippen LogP contribution >= 0.6 is 0 Å². The van der Waals surface area contributed by atoms with Crippen molar-refractivity contribution >= 4 is 0 Å². The fourth-order valence-electron chi connectivity index (χ4n) is 2.20. The van der Waals surface area contributed by atoms with Gasteiger partial charge in [0.1, 0.15) is 0 Å². The molecule has 0 radical (unpaired) electrons. The molecule has 2 bridgehead atoms. The molecule has 0 heterocycles. The molecule has 0 aromatic carbocycles. The minimum atomic E-state index is -2.28. The van der Waals surface area contributed by atoms with E-state index < -0.39 is 5.92 Å². The Balaban J connectivity index is 2.26. The molecular formula is C7H10F2. The summed E-state index contributed by atoms with van der Waals surface area (Å²) in [4.78, 5) is 0. The smallest absolute Gasteiger partial charge is 0.206 e. The van der Waals surface area contributed by atoms with E-state index in [1.54, 1.807) is 0 Å². The number of fused-ring (bicyclic) bond motifs is 2. The minimum absolute atomic E-state index is 0.248. The molecule has 2 rings (SSSR count). The van der Waals surface area contributed by atoms with E-state index in [0.29, 0.717) is 0 Å². The van der Waals surface area contributed by atoms with Crippen molar-refractivity contribution in [3.63, 3.8) is 0 Å². The van der Waals surface area contributed by atoms with Crippen LogP contribution in [-0.4, -0.2) is 5.92 Å². The molecule has 0 saturated heterocycles. The standard InChI is InChI=1S/C7H10F2/c8-7(9)5-1-2-6(7)4-3-5/h5-6H,1-4H2. The summed E-state index contributed by atoms with van der Waals surface area (Å²) in [5, 5.41) is 0. The van der Waals surface area contributed by atoms with Gasteiger partial charge in [-0.25, -0.2) is 8.78 Å². The zero-order chi connectivity index (χ0) is 6.48. The fourth-order valence-corrected chi connectivity index (χ4v) is 2.20. The van der Waals surface area contributed by atoms with Crippen LogP contribution in [0.25, 0.3) is 0 Å². The quantitative estimate of drug-likeness (QED) is 0.475. The van der Waals surface area contributed by atoms with Crippen molar-refractivity contribution < 1.29 is 8.78 Å². The number of hydrogen-bond donors (Lipinski definition) is 0. The Bertz CT molecular complexity index is 109. The van der Waals surface area contributed by atoms with Crippen molar-refractivity contribution in [2.45, 2.75) is 31.6 Å². The molecule has 2 aliphatic carbocycles. The van der Waals surface area contributed by atoms with Gasteiger partial charge in [-0.3, -0.25) is 0 Å². The maximum absolute atomic E-state index is 12.8. The zero-order valence-corrected chi connectivity index (χ0v) is 5.24. The van der Waals surface area contributed by atoms with Crippen LogP contribution in [-0.2, 0) is 0 Å². The number of alkyl halides is 2. The lowest BCUT2D eigenvalue weighted by Crippen LogP contribution is -2.21. The maximum atomic E-state index is 12.8. The van der Waals surface area contributed by atoms with Gasteiger partial charge >= 0.3 is 0 Å². The molecule has 52 valence electrons. The second-order valence-electron chi connectivity index (χ2n) is 3.22. The van der Waals surface area contributed by atoms with Gasteiger partial charge in [0.15, 0.2) is 0 Å². The molecule has 0 aromatic rings. The van der Waals surface area contributed by atoms with Crippen molar-refractivity contribution in [2.75, 3.05) is 0 Å². The second kappa shape index (κ2) is 1.47. The average Bonchev–Trinajstić information content (AvgIpc) is 2.24. The molecule has 2 fully saturated rings. The molecule has 0 aromatic heterocycles. The highest BCUT2D eigenvalue weighted by atomic mass is 19.3. The first-order valence-corrected chi connectivity index (χ1v) is 3.59. The minimum Gasteiger partial charge on any atom is -0.206 e. The largest absolute Gasteiger partial charge is 0.253 e. The lowest BCUT2D eigenvalue weighted by Gasteiger charge is -2.12. The van der Waals surface area contributed by atoms with Crippen molar-refractivity contribution in [1.82, 2.24) is 0 Å². The van der Waals surface area contributed by atoms with Crippen molar-refractivity contribution in [1.29, 1.82) is 0 Å². The third-order valence-corrected chi connectivity index (χ3v) is 2.82. The molecule has 0 unspecified atom stereocenters. The van der Waals surface area contributed by atoms with Crippen LogP contribution in [0.5, 0.6) is 0 Å². The Kier molecular flexibility index (Phi) is 0.920. The summed E-state index contributed by atoms with van der Waals surface area (Å²) >= 11 is 0. The van der Waals surface area contributed by atoms with E-state index in [-0.39, 0.29) is 11.8 Å². The summed E-state index contributed by atoms with van der Waals surface area (Å²) in [5.74, 6) is -2.77. The normalized spacial score (nSPS) is 46.0. The summed E-state index contributed by atoms with van der Waals surface area (Å²) in [6.45, 7) is 0. The lowest BCUT2D eigenvalue weighted by atomic mass is 10.0. The summed E-state index contributed by atoms with van der Waals surface area (Å²) in [5.41, 5.74) is 0. The van der Waals surface area contributed by atoms with Gasteiger partial charge in [-0.1, -0.05) is 0 Å². The van der Waals surface area contributed by atoms with Crippen LogP contribution in [0.2, 0.25) is 0 Å². The van der Waals surface area contributed by atoms with Crippen LogP contribution in [0.3, 0.4) is 0 Å². The van der Waals surface area contributed by atoms with Crippen molar-refractivity contribution in [2.24, 2.45) is 11.8 Å². The van der Waals surface area contributed by atoms with Gasteiger partial charge in [0.2, 0.25) is 0 Å². The van der Waals surface area contributed by atoms with E-state index in [0.717, 1.165) is 25.7 Å². The summed E-state index contributed by atoms with van der Waals surface area (Å²) in [6, 6.07) is 0. The van der Waals surface area contributed by atoms with E-state index in [4.69, 9.17) is 0 Å². The number of hydrogen-bond acceptors (Lipinski definition) is 0. The molecular weight excluding hydrogens is 122 g/mol. The van der Waals surface area contributed by atoms with Gasteiger partial charge in [0, 0.05) is 11.8 Å². The molecule has 0 spiro atoms. The Morgan fingerprint density at radius 3 is 1.33 bits per heavy atom. The fraction of sp³-hybridized carbons (Fsp3) is 1.00. The third-order valence-electron chi connectivity index (χ3n) is 2.82. The van der Waals surface area contributed by atoms with E-state index in [9.17, 15) is 8.78 Å². The second-order valence-corrected chi connectivity index (χ2v) is 3.22. The highest BCUT2D eigenvalue weighted by Gasteiger charge is 2.55. The molecule has 0 atom stereocenters. The van der Waals surface area contributed by atoms with E-state index in [2.05, 4.69) is 0 Å². The number of halogens is 2. The first kappa shape index (κ1) is 5.63. The molecule has 2 heteroatoms. The van der Waals surface area contributed by atoms with E-state index >= 15 is 0 Å². The molecule has 0 N–H and O–H groups in total. The van der Waals surface area contributed by atoms with Crippen molar-refractivity contribution in [3.8, 4) is 0 Å². The van der Waals surface area contributed by atoms with Crippen molar-refractivity contribution in [3.05, 3.63) is 0 Å². The molecule has 0 nitrogen and oxygen atoms in total. The molecule has 2 saturated carbocycles. The Hall–Kier alpha value is -0.140. The zero-order valence-electron chi connectivity index (χ0n) is 5.24. The van der Waals surface area contributed by atoms with Crippen LogP contribution < -0.4 is 0 Å². The SMILES string of the molecule is FC1(F)C2CCC1CC2. The highest BCUT2D eigenvalue weighted by Crippen LogP contribution is 2.55. The summed E-state index contributed by atoms with van der Waals surface area (Å²) < 4.78 is 25.6. The predicted octanol–water partition coefficient (Wildman–Crippen LogP) is 2.44.